The van der Waals surface area contributed by atoms with Gasteiger partial charge in [-0.1, -0.05) is 6.92 Å². The van der Waals surface area contributed by atoms with Crippen molar-refractivity contribution in [3.05, 3.63) is 5.69 Å². The highest BCUT2D eigenvalue weighted by molar-refractivity contribution is 5.66. The molecule has 1 atom stereocenters. The van der Waals surface area contributed by atoms with Crippen LogP contribution < -0.4 is 10.6 Å². The minimum absolute atomic E-state index is 0.386. The summed E-state index contributed by atoms with van der Waals surface area (Å²) in [6.07, 6.45) is 0.425. The van der Waals surface area contributed by atoms with Gasteiger partial charge in [-0.05, 0) is 6.42 Å². The molecule has 0 radical (unpaired) electrons. The van der Waals surface area contributed by atoms with Gasteiger partial charge in [0.1, 0.15) is 0 Å². The third kappa shape index (κ3) is 2.06. The molecule has 17 heavy (non-hydrogen) atoms. The first-order valence-electron chi connectivity index (χ1n) is 5.74. The summed E-state index contributed by atoms with van der Waals surface area (Å²) in [5.41, 5.74) is 7.71. The number of morpholine rings is 1. The monoisotopic (exact) mass is 235 g/mol. The van der Waals surface area contributed by atoms with Crippen molar-refractivity contribution in [1.82, 2.24) is 9.78 Å². The van der Waals surface area contributed by atoms with E-state index in [1.165, 1.54) is 0 Å². The normalized spacial score (nSPS) is 20.3. The summed E-state index contributed by atoms with van der Waals surface area (Å²) in [4.78, 5) is 2.07. The molecule has 2 rings (SSSR count). The van der Waals surface area contributed by atoms with Crippen LogP contribution >= 0.6 is 0 Å². The van der Waals surface area contributed by atoms with Gasteiger partial charge in [0.15, 0.2) is 11.9 Å². The standard InChI is InChI=1S/C11H17N5O/c1-3-9-10(13)11(15(2)14-9)16-4-5-17-8(6-12)7-16/h8H,3-5,7,13H2,1-2H3. The van der Waals surface area contributed by atoms with Crippen molar-refractivity contribution in [2.75, 3.05) is 30.3 Å². The fourth-order valence-corrected chi connectivity index (χ4v) is 2.14. The second kappa shape index (κ2) is 4.63. The number of nitrogens with zero attached hydrogens (tertiary/aromatic N) is 4. The highest BCUT2D eigenvalue weighted by Gasteiger charge is 2.25. The van der Waals surface area contributed by atoms with Gasteiger partial charge in [0, 0.05) is 13.6 Å². The highest BCUT2D eigenvalue weighted by atomic mass is 16.5. The van der Waals surface area contributed by atoms with Gasteiger partial charge in [0.25, 0.3) is 0 Å². The Kier molecular flexibility index (Phi) is 3.20. The fraction of sp³-hybridized carbons (Fsp3) is 0.636. The molecule has 0 saturated carbocycles. The molecule has 0 amide bonds. The summed E-state index contributed by atoms with van der Waals surface area (Å²) < 4.78 is 7.10. The number of nitriles is 1. The maximum atomic E-state index is 8.89. The average Bonchev–Trinajstić information content (AvgIpc) is 2.64. The van der Waals surface area contributed by atoms with E-state index in [0.29, 0.717) is 18.8 Å². The Morgan fingerprint density at radius 3 is 3.00 bits per heavy atom. The molecule has 0 spiro atoms. The van der Waals surface area contributed by atoms with Crippen LogP contribution in [-0.4, -0.2) is 35.6 Å². The molecule has 0 aliphatic carbocycles. The van der Waals surface area contributed by atoms with Crippen molar-refractivity contribution in [2.24, 2.45) is 7.05 Å². The van der Waals surface area contributed by atoms with E-state index in [4.69, 9.17) is 15.7 Å². The number of nitrogen functional groups attached to an aromatic ring is 1. The van der Waals surface area contributed by atoms with Crippen molar-refractivity contribution < 1.29 is 4.74 Å². The number of aromatic nitrogens is 2. The van der Waals surface area contributed by atoms with Gasteiger partial charge in [-0.3, -0.25) is 4.68 Å². The van der Waals surface area contributed by atoms with Crippen molar-refractivity contribution in [2.45, 2.75) is 19.4 Å². The fourth-order valence-electron chi connectivity index (χ4n) is 2.14. The van der Waals surface area contributed by atoms with Crippen LogP contribution in [0.3, 0.4) is 0 Å². The van der Waals surface area contributed by atoms with E-state index in [9.17, 15) is 0 Å². The molecule has 0 aromatic carbocycles. The minimum atomic E-state index is -0.386. The topological polar surface area (TPSA) is 80.1 Å². The lowest BCUT2D eigenvalue weighted by Gasteiger charge is -2.31. The first kappa shape index (κ1) is 11.7. The van der Waals surface area contributed by atoms with Crippen LogP contribution in [0.4, 0.5) is 11.5 Å². The van der Waals surface area contributed by atoms with Crippen LogP contribution in [-0.2, 0) is 18.2 Å². The second-order valence-corrected chi connectivity index (χ2v) is 4.10. The molecule has 6 nitrogen and oxygen atoms in total. The first-order chi connectivity index (χ1) is 8.17. The smallest absolute Gasteiger partial charge is 0.161 e. The van der Waals surface area contributed by atoms with Crippen molar-refractivity contribution in [3.8, 4) is 6.07 Å². The zero-order valence-corrected chi connectivity index (χ0v) is 10.2. The van der Waals surface area contributed by atoms with E-state index in [1.807, 2.05) is 14.0 Å². The van der Waals surface area contributed by atoms with E-state index in [0.717, 1.165) is 24.5 Å². The van der Waals surface area contributed by atoms with Crippen LogP contribution in [0.5, 0.6) is 0 Å². The molecule has 1 aromatic rings. The number of rotatable bonds is 2. The second-order valence-electron chi connectivity index (χ2n) is 4.10. The Balaban J connectivity index is 2.28. The molecule has 2 heterocycles. The lowest BCUT2D eigenvalue weighted by Crippen LogP contribution is -2.43. The Hall–Kier alpha value is -1.74. The molecule has 1 fully saturated rings. The van der Waals surface area contributed by atoms with Crippen molar-refractivity contribution in [1.29, 1.82) is 5.26 Å². The van der Waals surface area contributed by atoms with Crippen molar-refractivity contribution in [3.63, 3.8) is 0 Å². The van der Waals surface area contributed by atoms with Crippen LogP contribution in [0.1, 0.15) is 12.6 Å². The Labute approximate surface area is 101 Å². The summed E-state index contributed by atoms with van der Waals surface area (Å²) in [5.74, 6) is 0.894. The first-order valence-corrected chi connectivity index (χ1v) is 5.74. The number of nitrogens with two attached hydrogens (primary N) is 1. The van der Waals surface area contributed by atoms with E-state index in [2.05, 4.69) is 16.1 Å². The van der Waals surface area contributed by atoms with Gasteiger partial charge in [0.05, 0.1) is 30.6 Å². The largest absolute Gasteiger partial charge is 0.394 e. The Morgan fingerprint density at radius 2 is 2.41 bits per heavy atom. The van der Waals surface area contributed by atoms with Crippen LogP contribution in [0.25, 0.3) is 0 Å². The van der Waals surface area contributed by atoms with E-state index >= 15 is 0 Å². The predicted octanol–water partition coefficient (Wildman–Crippen LogP) is 0.293. The van der Waals surface area contributed by atoms with Gasteiger partial charge in [0.2, 0.25) is 0 Å². The molecular weight excluding hydrogens is 218 g/mol. The zero-order chi connectivity index (χ0) is 12.4. The molecule has 6 heteroatoms. The number of ether oxygens (including phenoxy) is 1. The summed E-state index contributed by atoms with van der Waals surface area (Å²) >= 11 is 0. The summed E-state index contributed by atoms with van der Waals surface area (Å²) in [5, 5.41) is 13.3. The summed E-state index contributed by atoms with van der Waals surface area (Å²) in [6, 6.07) is 2.13. The van der Waals surface area contributed by atoms with E-state index < -0.39 is 0 Å². The molecule has 1 unspecified atom stereocenters. The Morgan fingerprint density at radius 1 is 1.65 bits per heavy atom. The molecule has 0 bridgehead atoms. The average molecular weight is 235 g/mol. The molecular formula is C11H17N5O. The van der Waals surface area contributed by atoms with Gasteiger partial charge < -0.3 is 15.4 Å². The van der Waals surface area contributed by atoms with Gasteiger partial charge in [-0.2, -0.15) is 10.4 Å². The maximum absolute atomic E-state index is 8.89. The van der Waals surface area contributed by atoms with E-state index in [-0.39, 0.29) is 6.10 Å². The summed E-state index contributed by atoms with van der Waals surface area (Å²) in [7, 11) is 1.88. The van der Waals surface area contributed by atoms with Gasteiger partial charge >= 0.3 is 0 Å². The molecule has 1 aliphatic heterocycles. The highest BCUT2D eigenvalue weighted by Crippen LogP contribution is 2.27. The molecule has 2 N–H and O–H groups in total. The Bertz CT molecular complexity index is 447. The quantitative estimate of drug-likeness (QED) is 0.797. The lowest BCUT2D eigenvalue weighted by molar-refractivity contribution is 0.0759. The predicted molar refractivity (Wildman–Crippen MR) is 64.6 cm³/mol. The maximum Gasteiger partial charge on any atom is 0.161 e. The van der Waals surface area contributed by atoms with Gasteiger partial charge in [-0.15, -0.1) is 0 Å². The summed E-state index contributed by atoms with van der Waals surface area (Å²) in [6.45, 7) is 3.86. The molecule has 1 aliphatic rings. The van der Waals surface area contributed by atoms with Crippen LogP contribution in [0.2, 0.25) is 0 Å². The van der Waals surface area contributed by atoms with E-state index in [1.54, 1.807) is 4.68 Å². The van der Waals surface area contributed by atoms with Crippen LogP contribution in [0.15, 0.2) is 0 Å². The zero-order valence-electron chi connectivity index (χ0n) is 10.2. The molecule has 92 valence electrons. The SMILES string of the molecule is CCc1nn(C)c(N2CCOC(C#N)C2)c1N. The number of hydrogen-bond donors (Lipinski definition) is 1. The number of anilines is 2. The molecule has 1 saturated heterocycles. The number of hydrogen-bond acceptors (Lipinski definition) is 5. The van der Waals surface area contributed by atoms with Gasteiger partial charge in [-0.25, -0.2) is 0 Å². The van der Waals surface area contributed by atoms with Crippen LogP contribution in [0, 0.1) is 11.3 Å². The third-order valence-corrected chi connectivity index (χ3v) is 2.97. The minimum Gasteiger partial charge on any atom is -0.394 e. The molecule has 1 aromatic heterocycles. The van der Waals surface area contributed by atoms with Crippen molar-refractivity contribution >= 4 is 11.5 Å². The number of aryl methyl sites for hydroxylation is 2. The lowest BCUT2D eigenvalue weighted by atomic mass is 10.2. The third-order valence-electron chi connectivity index (χ3n) is 2.97.